The SMILES string of the molecule is CCC[n+]1ccc(OC)cc1. The van der Waals surface area contributed by atoms with Gasteiger partial charge in [-0.15, -0.1) is 0 Å². The standard InChI is InChI=1S/C9H14NO/c1-3-6-10-7-4-9(11-2)5-8-10/h4-5,7-8H,3,6H2,1-2H3/q+1. The normalized spacial score (nSPS) is 9.64. The van der Waals surface area contributed by atoms with Crippen molar-refractivity contribution in [3.05, 3.63) is 24.5 Å². The summed E-state index contributed by atoms with van der Waals surface area (Å²) in [7, 11) is 1.68. The van der Waals surface area contributed by atoms with Crippen LogP contribution in [0.4, 0.5) is 0 Å². The monoisotopic (exact) mass is 152 g/mol. The molecule has 1 aromatic heterocycles. The van der Waals surface area contributed by atoms with Crippen molar-refractivity contribution in [1.29, 1.82) is 0 Å². The van der Waals surface area contributed by atoms with E-state index in [0.29, 0.717) is 0 Å². The van der Waals surface area contributed by atoms with E-state index in [9.17, 15) is 0 Å². The molecule has 2 heteroatoms. The zero-order valence-corrected chi connectivity index (χ0v) is 7.08. The molecule has 0 aliphatic rings. The van der Waals surface area contributed by atoms with Gasteiger partial charge in [0.15, 0.2) is 12.4 Å². The van der Waals surface area contributed by atoms with Crippen LogP contribution in [-0.2, 0) is 6.54 Å². The summed E-state index contributed by atoms with van der Waals surface area (Å²) in [6.45, 7) is 3.24. The van der Waals surface area contributed by atoms with Crippen LogP contribution in [0.1, 0.15) is 13.3 Å². The predicted octanol–water partition coefficient (Wildman–Crippen LogP) is 1.39. The fourth-order valence-electron chi connectivity index (χ4n) is 0.987. The van der Waals surface area contributed by atoms with E-state index in [1.807, 2.05) is 24.5 Å². The summed E-state index contributed by atoms with van der Waals surface area (Å²) in [5.41, 5.74) is 0. The summed E-state index contributed by atoms with van der Waals surface area (Å²) in [6, 6.07) is 3.94. The van der Waals surface area contributed by atoms with Crippen LogP contribution in [0.2, 0.25) is 0 Å². The third-order valence-electron chi connectivity index (χ3n) is 1.58. The maximum atomic E-state index is 5.03. The molecule has 0 amide bonds. The van der Waals surface area contributed by atoms with E-state index in [1.54, 1.807) is 7.11 Å². The van der Waals surface area contributed by atoms with E-state index in [-0.39, 0.29) is 0 Å². The number of rotatable bonds is 3. The molecule has 0 aromatic carbocycles. The van der Waals surface area contributed by atoms with E-state index >= 15 is 0 Å². The zero-order chi connectivity index (χ0) is 8.10. The molecule has 0 bridgehead atoms. The average molecular weight is 152 g/mol. The Morgan fingerprint density at radius 2 is 2.00 bits per heavy atom. The molecule has 0 fully saturated rings. The van der Waals surface area contributed by atoms with Gasteiger partial charge in [0.1, 0.15) is 12.3 Å². The van der Waals surface area contributed by atoms with Crippen molar-refractivity contribution < 1.29 is 9.30 Å². The van der Waals surface area contributed by atoms with Gasteiger partial charge in [-0.25, -0.2) is 4.57 Å². The highest BCUT2D eigenvalue weighted by molar-refractivity contribution is 5.14. The van der Waals surface area contributed by atoms with Crippen LogP contribution in [0.5, 0.6) is 5.75 Å². The fourth-order valence-corrected chi connectivity index (χ4v) is 0.987. The second-order valence-electron chi connectivity index (χ2n) is 2.48. The molecule has 0 saturated carbocycles. The number of ether oxygens (including phenoxy) is 1. The van der Waals surface area contributed by atoms with Crippen molar-refractivity contribution in [2.45, 2.75) is 19.9 Å². The lowest BCUT2D eigenvalue weighted by atomic mass is 10.4. The van der Waals surface area contributed by atoms with Crippen LogP contribution < -0.4 is 9.30 Å². The highest BCUT2D eigenvalue weighted by atomic mass is 16.5. The smallest absolute Gasteiger partial charge is 0.172 e. The van der Waals surface area contributed by atoms with E-state index in [0.717, 1.165) is 18.7 Å². The number of aromatic nitrogens is 1. The quantitative estimate of drug-likeness (QED) is 0.596. The Hall–Kier alpha value is -1.05. The lowest BCUT2D eigenvalue weighted by molar-refractivity contribution is -0.697. The Morgan fingerprint density at radius 1 is 1.36 bits per heavy atom. The third-order valence-corrected chi connectivity index (χ3v) is 1.58. The summed E-state index contributed by atoms with van der Waals surface area (Å²) in [5.74, 6) is 0.914. The Kier molecular flexibility index (Phi) is 2.90. The number of pyridine rings is 1. The summed E-state index contributed by atoms with van der Waals surface area (Å²) >= 11 is 0. The van der Waals surface area contributed by atoms with Gasteiger partial charge in [-0.3, -0.25) is 0 Å². The molecule has 1 aromatic rings. The molecule has 1 rings (SSSR count). The molecule has 0 N–H and O–H groups in total. The van der Waals surface area contributed by atoms with Gasteiger partial charge in [-0.1, -0.05) is 6.92 Å². The van der Waals surface area contributed by atoms with Crippen LogP contribution in [0.15, 0.2) is 24.5 Å². The molecule has 0 unspecified atom stereocenters. The highest BCUT2D eigenvalue weighted by Crippen LogP contribution is 2.03. The molecule has 60 valence electrons. The first-order valence-corrected chi connectivity index (χ1v) is 3.90. The van der Waals surface area contributed by atoms with Gasteiger partial charge in [0.2, 0.25) is 0 Å². The molecule has 0 aliphatic heterocycles. The number of aryl methyl sites for hydroxylation is 1. The van der Waals surface area contributed by atoms with E-state index in [4.69, 9.17) is 4.74 Å². The number of hydrogen-bond acceptors (Lipinski definition) is 1. The molecule has 0 radical (unpaired) electrons. The topological polar surface area (TPSA) is 13.1 Å². The van der Waals surface area contributed by atoms with Crippen LogP contribution in [0.3, 0.4) is 0 Å². The maximum Gasteiger partial charge on any atom is 0.172 e. The first-order chi connectivity index (χ1) is 5.36. The van der Waals surface area contributed by atoms with Crippen molar-refractivity contribution in [1.82, 2.24) is 0 Å². The summed E-state index contributed by atoms with van der Waals surface area (Å²) in [4.78, 5) is 0. The van der Waals surface area contributed by atoms with Crippen LogP contribution >= 0.6 is 0 Å². The highest BCUT2D eigenvalue weighted by Gasteiger charge is 1.97. The van der Waals surface area contributed by atoms with Gasteiger partial charge in [-0.2, -0.15) is 0 Å². The Balaban J connectivity index is 2.66. The molecular formula is C9H14NO+. The molecule has 0 atom stereocenters. The lowest BCUT2D eigenvalue weighted by Crippen LogP contribution is -2.31. The Bertz CT molecular complexity index is 205. The summed E-state index contributed by atoms with van der Waals surface area (Å²) in [5, 5.41) is 0. The van der Waals surface area contributed by atoms with E-state index < -0.39 is 0 Å². The number of nitrogens with zero attached hydrogens (tertiary/aromatic N) is 1. The maximum absolute atomic E-state index is 5.03. The molecule has 1 heterocycles. The number of hydrogen-bond donors (Lipinski definition) is 0. The fraction of sp³-hybridized carbons (Fsp3) is 0.444. The minimum atomic E-state index is 0.914. The predicted molar refractivity (Wildman–Crippen MR) is 43.5 cm³/mol. The second-order valence-corrected chi connectivity index (χ2v) is 2.48. The average Bonchev–Trinajstić information content (AvgIpc) is 2.07. The van der Waals surface area contributed by atoms with Crippen LogP contribution in [0.25, 0.3) is 0 Å². The minimum absolute atomic E-state index is 0.914. The summed E-state index contributed by atoms with van der Waals surface area (Å²) in [6.07, 6.45) is 5.22. The van der Waals surface area contributed by atoms with Gasteiger partial charge < -0.3 is 4.74 Å². The van der Waals surface area contributed by atoms with Crippen molar-refractivity contribution in [3.63, 3.8) is 0 Å². The van der Waals surface area contributed by atoms with Crippen LogP contribution in [-0.4, -0.2) is 7.11 Å². The van der Waals surface area contributed by atoms with Gasteiger partial charge >= 0.3 is 0 Å². The van der Waals surface area contributed by atoms with Gasteiger partial charge in [0, 0.05) is 18.6 Å². The minimum Gasteiger partial charge on any atom is -0.496 e. The van der Waals surface area contributed by atoms with E-state index in [2.05, 4.69) is 11.5 Å². The first kappa shape index (κ1) is 8.05. The van der Waals surface area contributed by atoms with Crippen molar-refractivity contribution in [2.24, 2.45) is 0 Å². The Morgan fingerprint density at radius 3 is 2.45 bits per heavy atom. The van der Waals surface area contributed by atoms with E-state index in [1.165, 1.54) is 0 Å². The van der Waals surface area contributed by atoms with Crippen molar-refractivity contribution >= 4 is 0 Å². The largest absolute Gasteiger partial charge is 0.496 e. The van der Waals surface area contributed by atoms with Gasteiger partial charge in [0.05, 0.1) is 7.11 Å². The van der Waals surface area contributed by atoms with Gasteiger partial charge in [-0.05, 0) is 0 Å². The van der Waals surface area contributed by atoms with Crippen molar-refractivity contribution in [2.75, 3.05) is 7.11 Å². The molecule has 11 heavy (non-hydrogen) atoms. The van der Waals surface area contributed by atoms with Gasteiger partial charge in [0.25, 0.3) is 0 Å². The summed E-state index contributed by atoms with van der Waals surface area (Å²) < 4.78 is 7.18. The first-order valence-electron chi connectivity index (χ1n) is 3.90. The second kappa shape index (κ2) is 3.96. The number of methoxy groups -OCH3 is 1. The molecule has 0 spiro atoms. The third kappa shape index (κ3) is 2.22. The Labute approximate surface area is 67.4 Å². The van der Waals surface area contributed by atoms with Crippen molar-refractivity contribution in [3.8, 4) is 5.75 Å². The lowest BCUT2D eigenvalue weighted by Gasteiger charge is -1.96. The molecule has 2 nitrogen and oxygen atoms in total. The zero-order valence-electron chi connectivity index (χ0n) is 7.08. The van der Waals surface area contributed by atoms with Crippen LogP contribution in [0, 0.1) is 0 Å². The molecule has 0 saturated heterocycles. The molecule has 0 aliphatic carbocycles. The molecular weight excluding hydrogens is 138 g/mol.